The van der Waals surface area contributed by atoms with Gasteiger partial charge in [-0.1, -0.05) is 164 Å². The summed E-state index contributed by atoms with van der Waals surface area (Å²) in [6.07, 6.45) is 1.85. The molecule has 0 aliphatic heterocycles. The molecule has 0 saturated carbocycles. The number of aromatic hydroxyl groups is 1. The molecule has 312 valence electrons. The number of imidazole rings is 1. The van der Waals surface area contributed by atoms with Gasteiger partial charge >= 0.3 is 0 Å². The molecule has 0 aliphatic carbocycles. The van der Waals surface area contributed by atoms with Gasteiger partial charge in [0, 0.05) is 42.6 Å². The van der Waals surface area contributed by atoms with Gasteiger partial charge in [-0.05, 0) is 93.7 Å². The largest absolute Gasteiger partial charge is 0.507 e. The first-order valence-electron chi connectivity index (χ1n) is 22.3. The molecule has 5 heteroatoms. The molecule has 6 aromatic carbocycles. The fourth-order valence-electron chi connectivity index (χ4n) is 7.88. The first kappa shape index (κ1) is 39.6. The quantitative estimate of drug-likeness (QED) is 0.169. The van der Waals surface area contributed by atoms with E-state index < -0.39 is 12.3 Å². The fraction of sp³-hybridized carbons (Fsp3) is 0.250. The Kier molecular flexibility index (Phi) is 10.6. The van der Waals surface area contributed by atoms with Crippen LogP contribution in [0.5, 0.6) is 5.75 Å². The second-order valence-corrected chi connectivity index (χ2v) is 19.2. The van der Waals surface area contributed by atoms with Crippen LogP contribution < -0.4 is 0 Å². The van der Waals surface area contributed by atoms with E-state index in [0.717, 1.165) is 61.3 Å². The summed E-state index contributed by atoms with van der Waals surface area (Å²) < 4.78 is 28.7. The minimum atomic E-state index is -2.48. The van der Waals surface area contributed by atoms with Gasteiger partial charge in [0.2, 0.25) is 0 Å². The van der Waals surface area contributed by atoms with Gasteiger partial charge in [0.1, 0.15) is 11.6 Å². The van der Waals surface area contributed by atoms with Crippen molar-refractivity contribution in [3.8, 4) is 67.5 Å². The van der Waals surface area contributed by atoms with E-state index in [1.165, 1.54) is 5.56 Å². The third kappa shape index (κ3) is 8.66. The number of aryl methyl sites for hydroxylation is 2. The zero-order chi connectivity index (χ0) is 45.2. The van der Waals surface area contributed by atoms with Crippen molar-refractivity contribution >= 4 is 11.0 Å². The van der Waals surface area contributed by atoms with Crippen LogP contribution in [0.3, 0.4) is 0 Å². The number of benzene rings is 6. The van der Waals surface area contributed by atoms with Crippen LogP contribution in [0.4, 0.5) is 0 Å². The molecule has 0 unspecified atom stereocenters. The van der Waals surface area contributed by atoms with Crippen LogP contribution in [-0.4, -0.2) is 19.6 Å². The molecular formula is C56H56N3OPt-. The molecule has 0 aliphatic rings. The van der Waals surface area contributed by atoms with Gasteiger partial charge in [-0.25, -0.2) is 4.98 Å². The van der Waals surface area contributed by atoms with Gasteiger partial charge in [-0.15, -0.1) is 29.3 Å². The Morgan fingerprint density at radius 3 is 1.92 bits per heavy atom. The number of fused-ring (bicyclic) bond motifs is 1. The number of aromatic nitrogens is 3. The number of nitrogens with zero attached hydrogens (tertiary/aromatic N) is 3. The van der Waals surface area contributed by atoms with Crippen molar-refractivity contribution in [1.29, 1.82) is 0 Å². The summed E-state index contributed by atoms with van der Waals surface area (Å²) >= 11 is 0. The van der Waals surface area contributed by atoms with Gasteiger partial charge in [-0.2, -0.15) is 0 Å². The average molecular weight is 985 g/mol. The number of para-hydroxylation sites is 1. The zero-order valence-corrected chi connectivity index (χ0v) is 39.1. The summed E-state index contributed by atoms with van der Waals surface area (Å²) in [4.78, 5) is 10.4. The summed E-state index contributed by atoms with van der Waals surface area (Å²) in [5, 5.41) is 12.4. The van der Waals surface area contributed by atoms with Crippen molar-refractivity contribution in [2.75, 3.05) is 0 Å². The summed E-state index contributed by atoms with van der Waals surface area (Å²) in [5.74, 6) is 0.567. The van der Waals surface area contributed by atoms with E-state index in [0.29, 0.717) is 28.1 Å². The van der Waals surface area contributed by atoms with E-state index in [4.69, 9.17) is 14.1 Å². The molecule has 0 atom stereocenters. The van der Waals surface area contributed by atoms with Gasteiger partial charge in [-0.3, -0.25) is 9.55 Å². The topological polar surface area (TPSA) is 50.9 Å². The first-order chi connectivity index (χ1) is 29.6. The second kappa shape index (κ2) is 16.4. The predicted molar refractivity (Wildman–Crippen MR) is 252 cm³/mol. The third-order valence-electron chi connectivity index (χ3n) is 11.5. The van der Waals surface area contributed by atoms with E-state index in [1.54, 1.807) is 6.07 Å². The van der Waals surface area contributed by atoms with Crippen LogP contribution in [0.2, 0.25) is 0 Å². The third-order valence-corrected chi connectivity index (χ3v) is 11.5. The van der Waals surface area contributed by atoms with Crippen LogP contribution >= 0.6 is 0 Å². The monoisotopic (exact) mass is 984 g/mol. The minimum Gasteiger partial charge on any atom is -0.507 e. The number of pyridine rings is 1. The number of phenolic OH excluding ortho intramolecular Hbond substituents is 1. The molecule has 8 aromatic rings. The van der Waals surface area contributed by atoms with Crippen LogP contribution in [-0.2, 0) is 37.3 Å². The normalized spacial score (nSPS) is 13.0. The van der Waals surface area contributed by atoms with E-state index in [-0.39, 0.29) is 43.2 Å². The average Bonchev–Trinajstić information content (AvgIpc) is 3.62. The standard InChI is InChI=1S/C56H56N3O.Pt/c1-35-20-22-38(23-21-35)40-26-27-57-48(32-40)42-29-41(30-43(31-42)54(3,4)5)45-18-15-19-50-51(45)58-53(46-33-44(55(6,7)8)34-47(52(46)60)56(9,10)11)59(50)49-25-24-39(28-36(49)2)37-16-13-12-14-17-37;/h12-28,30-34,60H,1-11H3;/q-1;/i2D3;. The Morgan fingerprint density at radius 1 is 0.607 bits per heavy atom. The molecule has 0 bridgehead atoms. The summed E-state index contributed by atoms with van der Waals surface area (Å²) in [7, 11) is 0. The van der Waals surface area contributed by atoms with Crippen LogP contribution in [0.15, 0.2) is 134 Å². The van der Waals surface area contributed by atoms with Gasteiger partial charge in [0.25, 0.3) is 0 Å². The van der Waals surface area contributed by atoms with Gasteiger partial charge in [0.15, 0.2) is 0 Å². The van der Waals surface area contributed by atoms with Gasteiger partial charge in [0.05, 0.1) is 22.3 Å². The molecule has 0 saturated heterocycles. The minimum absolute atomic E-state index is 0. The number of hydrogen-bond donors (Lipinski definition) is 1. The van der Waals surface area contributed by atoms with Crippen molar-refractivity contribution in [1.82, 2.24) is 14.5 Å². The second-order valence-electron chi connectivity index (χ2n) is 19.2. The van der Waals surface area contributed by atoms with Crippen molar-refractivity contribution in [2.24, 2.45) is 0 Å². The molecule has 0 amide bonds. The van der Waals surface area contributed by atoms with Crippen LogP contribution in [0, 0.1) is 19.8 Å². The smallest absolute Gasteiger partial charge is 0.148 e. The predicted octanol–water partition coefficient (Wildman–Crippen LogP) is 14.8. The van der Waals surface area contributed by atoms with Crippen molar-refractivity contribution in [2.45, 2.75) is 92.3 Å². The van der Waals surface area contributed by atoms with Crippen LogP contribution in [0.25, 0.3) is 72.7 Å². The van der Waals surface area contributed by atoms with E-state index in [1.807, 2.05) is 77.5 Å². The molecule has 1 N–H and O–H groups in total. The Bertz CT molecular complexity index is 3000. The zero-order valence-electron chi connectivity index (χ0n) is 39.8. The van der Waals surface area contributed by atoms with E-state index in [9.17, 15) is 5.11 Å². The molecular weight excluding hydrogens is 926 g/mol. The molecule has 8 rings (SSSR count). The molecule has 2 aromatic heterocycles. The van der Waals surface area contributed by atoms with Crippen molar-refractivity contribution in [3.05, 3.63) is 167 Å². The van der Waals surface area contributed by atoms with Crippen molar-refractivity contribution in [3.63, 3.8) is 0 Å². The van der Waals surface area contributed by atoms with Crippen LogP contribution in [0.1, 0.15) is 94.2 Å². The first-order valence-corrected chi connectivity index (χ1v) is 20.8. The maximum atomic E-state index is 12.4. The summed E-state index contributed by atoms with van der Waals surface area (Å²) in [6, 6.07) is 46.4. The summed E-state index contributed by atoms with van der Waals surface area (Å²) in [6.45, 7) is 19.0. The Labute approximate surface area is 381 Å². The maximum absolute atomic E-state index is 12.4. The fourth-order valence-corrected chi connectivity index (χ4v) is 7.88. The number of rotatable bonds is 6. The maximum Gasteiger partial charge on any atom is 0.148 e. The Morgan fingerprint density at radius 2 is 1.25 bits per heavy atom. The van der Waals surface area contributed by atoms with E-state index >= 15 is 0 Å². The number of phenols is 1. The van der Waals surface area contributed by atoms with Gasteiger partial charge < -0.3 is 5.11 Å². The van der Waals surface area contributed by atoms with E-state index in [2.05, 4.69) is 130 Å². The summed E-state index contributed by atoms with van der Waals surface area (Å²) in [5.41, 5.74) is 13.0. The SMILES string of the molecule is [2H]C([2H])([2H])c1cc(-c2ccccc2)ccc1-n1c(-c2cc(C(C)(C)C)cc(C(C)(C)C)c2O)nc2c(-c3[c-]c(-c4cc(-c5ccc(C)cc5)ccn4)cc(C(C)(C)C)c3)cccc21.[Pt]. The molecule has 2 heterocycles. The molecule has 4 nitrogen and oxygen atoms in total. The number of hydrogen-bond acceptors (Lipinski definition) is 3. The molecule has 61 heavy (non-hydrogen) atoms. The Balaban J connectivity index is 0.00000612. The molecule has 0 radical (unpaired) electrons. The van der Waals surface area contributed by atoms with Crippen molar-refractivity contribution < 1.29 is 30.3 Å². The Hall–Kier alpha value is -5.57. The molecule has 0 spiro atoms. The molecule has 0 fully saturated rings.